The Bertz CT molecular complexity index is 1230. The Labute approximate surface area is 204 Å². The fourth-order valence-corrected chi connectivity index (χ4v) is 3.30. The van der Waals surface area contributed by atoms with Crippen molar-refractivity contribution in [2.75, 3.05) is 10.6 Å². The van der Waals surface area contributed by atoms with Gasteiger partial charge in [0.1, 0.15) is 17.7 Å². The molecule has 3 rings (SSSR count). The number of nitrogens with one attached hydrogen (secondary N) is 3. The van der Waals surface area contributed by atoms with Gasteiger partial charge in [0, 0.05) is 11.8 Å². The van der Waals surface area contributed by atoms with Crippen LogP contribution in [0, 0.1) is 11.6 Å². The summed E-state index contributed by atoms with van der Waals surface area (Å²) in [6.45, 7) is 0. The summed E-state index contributed by atoms with van der Waals surface area (Å²) >= 11 is 5.02. The molecule has 0 bridgehead atoms. The molecule has 0 saturated carbocycles. The van der Waals surface area contributed by atoms with Crippen LogP contribution in [0.15, 0.2) is 66.7 Å². The molecule has 0 fully saturated rings. The van der Waals surface area contributed by atoms with E-state index < -0.39 is 57.9 Å². The Morgan fingerprint density at radius 3 is 1.89 bits per heavy atom. The Hall–Kier alpha value is -3.74. The molecule has 1 amide bonds. The molecular weight excluding hydrogens is 518 g/mol. The van der Waals surface area contributed by atoms with E-state index in [0.717, 1.165) is 12.1 Å². The summed E-state index contributed by atoms with van der Waals surface area (Å²) < 4.78 is 106. The van der Waals surface area contributed by atoms with E-state index in [2.05, 4.69) is 16.0 Å². The number of rotatable bonds is 5. The molecule has 0 aliphatic rings. The predicted octanol–water partition coefficient (Wildman–Crippen LogP) is 6.67. The van der Waals surface area contributed by atoms with Crippen molar-refractivity contribution in [2.45, 2.75) is 18.4 Å². The lowest BCUT2D eigenvalue weighted by atomic mass is 10.1. The number of carbonyl (C=O) groups is 1. The Morgan fingerprint density at radius 1 is 0.778 bits per heavy atom. The third-order valence-electron chi connectivity index (χ3n) is 4.71. The number of hydrogen-bond donors (Lipinski definition) is 3. The second kappa shape index (κ2) is 10.5. The molecule has 0 aliphatic carbocycles. The fraction of sp³-hybridized carbons (Fsp3) is 0.130. The summed E-state index contributed by atoms with van der Waals surface area (Å²) in [5.74, 6) is -2.84. The van der Waals surface area contributed by atoms with E-state index in [1.807, 2.05) is 0 Å². The molecule has 0 heterocycles. The standard InChI is InChI=1S/C23H15F8N3OS/c24-15-6-7-18(17(25)11-15)33-20(35)19(12-4-2-1-3-5-12)34-21(36)32-16-9-13(22(26,27)28)8-14(10-16)23(29,30)31/h1-11,19H,(H,33,35)(H2,32,34,36)/t19-/m0/s1. The molecule has 3 N–H and O–H groups in total. The summed E-state index contributed by atoms with van der Waals surface area (Å²) in [6, 6.07) is 9.55. The van der Waals surface area contributed by atoms with Gasteiger partial charge in [-0.05, 0) is 48.1 Å². The van der Waals surface area contributed by atoms with Crippen molar-refractivity contribution in [3.63, 3.8) is 0 Å². The summed E-state index contributed by atoms with van der Waals surface area (Å²) in [5, 5.41) is 6.46. The molecule has 0 aromatic heterocycles. The molecule has 1 atom stereocenters. The van der Waals surface area contributed by atoms with Crippen LogP contribution in [0.4, 0.5) is 46.5 Å². The number of hydrogen-bond acceptors (Lipinski definition) is 2. The summed E-state index contributed by atoms with van der Waals surface area (Å²) in [4.78, 5) is 12.9. The van der Waals surface area contributed by atoms with Crippen molar-refractivity contribution in [1.29, 1.82) is 0 Å². The molecule has 0 saturated heterocycles. The molecule has 13 heteroatoms. The van der Waals surface area contributed by atoms with Gasteiger partial charge < -0.3 is 16.0 Å². The zero-order chi connectivity index (χ0) is 26.7. The van der Waals surface area contributed by atoms with E-state index in [4.69, 9.17) is 12.2 Å². The average molecular weight is 533 g/mol. The van der Waals surface area contributed by atoms with Gasteiger partial charge in [0.05, 0.1) is 16.8 Å². The second-order valence-electron chi connectivity index (χ2n) is 7.35. The Kier molecular flexibility index (Phi) is 7.82. The lowest BCUT2D eigenvalue weighted by molar-refractivity contribution is -0.143. The van der Waals surface area contributed by atoms with E-state index in [0.29, 0.717) is 18.2 Å². The van der Waals surface area contributed by atoms with Crippen LogP contribution in [0.1, 0.15) is 22.7 Å². The van der Waals surface area contributed by atoms with Gasteiger partial charge in [-0.3, -0.25) is 4.79 Å². The number of alkyl halides is 6. The molecule has 3 aromatic carbocycles. The minimum Gasteiger partial charge on any atom is -0.347 e. The van der Waals surface area contributed by atoms with Crippen LogP contribution >= 0.6 is 12.2 Å². The first kappa shape index (κ1) is 26.9. The van der Waals surface area contributed by atoms with E-state index in [-0.39, 0.29) is 17.3 Å². The highest BCUT2D eigenvalue weighted by atomic mass is 32.1. The van der Waals surface area contributed by atoms with Crippen molar-refractivity contribution < 1.29 is 39.9 Å². The van der Waals surface area contributed by atoms with Gasteiger partial charge in [0.2, 0.25) is 0 Å². The molecule has 190 valence electrons. The number of anilines is 2. The second-order valence-corrected chi connectivity index (χ2v) is 7.76. The molecule has 0 spiro atoms. The van der Waals surface area contributed by atoms with Crippen molar-refractivity contribution in [1.82, 2.24) is 5.32 Å². The quantitative estimate of drug-likeness (QED) is 0.253. The average Bonchev–Trinajstić information content (AvgIpc) is 2.78. The minimum absolute atomic E-state index is 0.0425. The van der Waals surface area contributed by atoms with E-state index >= 15 is 0 Å². The van der Waals surface area contributed by atoms with Gasteiger partial charge in [-0.15, -0.1) is 0 Å². The van der Waals surface area contributed by atoms with Crippen LogP contribution in [0.3, 0.4) is 0 Å². The Morgan fingerprint density at radius 2 is 1.36 bits per heavy atom. The van der Waals surface area contributed by atoms with Crippen molar-refractivity contribution in [3.05, 3.63) is 95.1 Å². The predicted molar refractivity (Wildman–Crippen MR) is 120 cm³/mol. The van der Waals surface area contributed by atoms with Crippen molar-refractivity contribution in [3.8, 4) is 0 Å². The molecule has 3 aromatic rings. The Balaban J connectivity index is 1.87. The molecule has 0 radical (unpaired) electrons. The number of benzene rings is 3. The maximum Gasteiger partial charge on any atom is 0.416 e. The van der Waals surface area contributed by atoms with Gasteiger partial charge in [-0.25, -0.2) is 8.78 Å². The SMILES string of the molecule is O=C(Nc1ccc(F)cc1F)[C@@H](NC(=S)Nc1cc(C(F)(F)F)cc(C(F)(F)F)c1)c1ccccc1. The van der Waals surface area contributed by atoms with Crippen molar-refractivity contribution >= 4 is 34.6 Å². The lowest BCUT2D eigenvalue weighted by Crippen LogP contribution is -2.39. The highest BCUT2D eigenvalue weighted by molar-refractivity contribution is 7.80. The number of carbonyl (C=O) groups excluding carboxylic acids is 1. The number of amides is 1. The van der Waals surface area contributed by atoms with Gasteiger partial charge in [-0.2, -0.15) is 26.3 Å². The monoisotopic (exact) mass is 533 g/mol. The highest BCUT2D eigenvalue weighted by Gasteiger charge is 2.37. The highest BCUT2D eigenvalue weighted by Crippen LogP contribution is 2.37. The first-order valence-electron chi connectivity index (χ1n) is 9.92. The largest absolute Gasteiger partial charge is 0.416 e. The first-order chi connectivity index (χ1) is 16.7. The normalized spacial score (nSPS) is 12.6. The third-order valence-corrected chi connectivity index (χ3v) is 4.92. The van der Waals surface area contributed by atoms with Crippen LogP contribution in [-0.2, 0) is 17.1 Å². The van der Waals surface area contributed by atoms with Crippen molar-refractivity contribution in [2.24, 2.45) is 0 Å². The molecule has 4 nitrogen and oxygen atoms in total. The summed E-state index contributed by atoms with van der Waals surface area (Å²) in [6.07, 6.45) is -10.1. The summed E-state index contributed by atoms with van der Waals surface area (Å²) in [5.41, 5.74) is -3.85. The topological polar surface area (TPSA) is 53.2 Å². The lowest BCUT2D eigenvalue weighted by Gasteiger charge is -2.22. The van der Waals surface area contributed by atoms with Crippen LogP contribution in [-0.4, -0.2) is 11.0 Å². The zero-order valence-electron chi connectivity index (χ0n) is 17.8. The van der Waals surface area contributed by atoms with Gasteiger partial charge >= 0.3 is 12.4 Å². The first-order valence-corrected chi connectivity index (χ1v) is 10.3. The molecule has 0 aliphatic heterocycles. The zero-order valence-corrected chi connectivity index (χ0v) is 18.6. The van der Waals surface area contributed by atoms with Crippen LogP contribution in [0.25, 0.3) is 0 Å². The van der Waals surface area contributed by atoms with E-state index in [1.165, 1.54) is 12.1 Å². The minimum atomic E-state index is -5.07. The van der Waals surface area contributed by atoms with Gasteiger partial charge in [0.15, 0.2) is 5.11 Å². The van der Waals surface area contributed by atoms with Crippen LogP contribution in [0.5, 0.6) is 0 Å². The number of thiocarbonyl (C=S) groups is 1. The third kappa shape index (κ3) is 6.90. The number of halogens is 8. The summed E-state index contributed by atoms with van der Waals surface area (Å²) in [7, 11) is 0. The maximum atomic E-state index is 14.0. The van der Waals surface area contributed by atoms with Gasteiger partial charge in [-0.1, -0.05) is 30.3 Å². The molecular formula is C23H15F8N3OS. The van der Waals surface area contributed by atoms with Crippen LogP contribution < -0.4 is 16.0 Å². The van der Waals surface area contributed by atoms with Gasteiger partial charge in [0.25, 0.3) is 5.91 Å². The molecule has 36 heavy (non-hydrogen) atoms. The van der Waals surface area contributed by atoms with E-state index in [9.17, 15) is 39.9 Å². The van der Waals surface area contributed by atoms with Crippen LogP contribution in [0.2, 0.25) is 0 Å². The maximum absolute atomic E-state index is 14.0. The fourth-order valence-electron chi connectivity index (χ4n) is 3.07. The van der Waals surface area contributed by atoms with E-state index in [1.54, 1.807) is 18.2 Å². The smallest absolute Gasteiger partial charge is 0.347 e. The molecule has 0 unspecified atom stereocenters.